The average Bonchev–Trinajstić information content (AvgIpc) is 2.23. The van der Waals surface area contributed by atoms with Crippen molar-refractivity contribution in [1.82, 2.24) is 0 Å². The maximum atomic E-state index is 6.00. The van der Waals surface area contributed by atoms with Crippen molar-refractivity contribution in [3.05, 3.63) is 29.8 Å². The largest absolute Gasteiger partial charge is 0.493 e. The van der Waals surface area contributed by atoms with Crippen molar-refractivity contribution in [3.63, 3.8) is 0 Å². The molecule has 1 aliphatic heterocycles. The predicted octanol–water partition coefficient (Wildman–Crippen LogP) is 2.38. The third kappa shape index (κ3) is 3.72. The molecule has 1 saturated heterocycles. The van der Waals surface area contributed by atoms with E-state index in [-0.39, 0.29) is 11.0 Å². The van der Waals surface area contributed by atoms with E-state index in [4.69, 9.17) is 15.2 Å². The SMILES string of the molecule is CC(C)(N)Cc1ccc(OCC2(C)COC2)cc1. The first-order valence-corrected chi connectivity index (χ1v) is 6.45. The van der Waals surface area contributed by atoms with Gasteiger partial charge in [0.05, 0.1) is 19.8 Å². The molecule has 0 atom stereocenters. The molecule has 0 amide bonds. The van der Waals surface area contributed by atoms with Crippen LogP contribution in [0.15, 0.2) is 24.3 Å². The molecule has 0 radical (unpaired) electrons. The number of nitrogens with two attached hydrogens (primary N) is 1. The van der Waals surface area contributed by atoms with Crippen molar-refractivity contribution in [2.24, 2.45) is 11.1 Å². The molecule has 1 aromatic rings. The maximum absolute atomic E-state index is 6.00. The zero-order valence-corrected chi connectivity index (χ0v) is 11.5. The van der Waals surface area contributed by atoms with Crippen LogP contribution in [0.5, 0.6) is 5.75 Å². The molecule has 0 saturated carbocycles. The van der Waals surface area contributed by atoms with Crippen molar-refractivity contribution in [1.29, 1.82) is 0 Å². The van der Waals surface area contributed by atoms with Gasteiger partial charge in [0.25, 0.3) is 0 Å². The van der Waals surface area contributed by atoms with Crippen LogP contribution in [0.3, 0.4) is 0 Å². The lowest BCUT2D eigenvalue weighted by Gasteiger charge is -2.37. The highest BCUT2D eigenvalue weighted by Gasteiger charge is 2.34. The van der Waals surface area contributed by atoms with Gasteiger partial charge in [-0.05, 0) is 38.0 Å². The molecule has 3 heteroatoms. The van der Waals surface area contributed by atoms with Crippen molar-refractivity contribution in [2.75, 3.05) is 19.8 Å². The van der Waals surface area contributed by atoms with Crippen LogP contribution in [-0.4, -0.2) is 25.4 Å². The second-order valence-electron chi connectivity index (χ2n) is 6.40. The normalized spacial score (nSPS) is 18.2. The van der Waals surface area contributed by atoms with Crippen LogP contribution in [0.4, 0.5) is 0 Å². The van der Waals surface area contributed by atoms with Crippen LogP contribution >= 0.6 is 0 Å². The molecule has 2 rings (SSSR count). The van der Waals surface area contributed by atoms with Gasteiger partial charge < -0.3 is 15.2 Å². The number of rotatable bonds is 5. The van der Waals surface area contributed by atoms with E-state index in [0.29, 0.717) is 6.61 Å². The van der Waals surface area contributed by atoms with E-state index in [9.17, 15) is 0 Å². The zero-order chi connectivity index (χ0) is 13.2. The zero-order valence-electron chi connectivity index (χ0n) is 11.5. The third-order valence-corrected chi connectivity index (χ3v) is 3.07. The predicted molar refractivity (Wildman–Crippen MR) is 72.8 cm³/mol. The van der Waals surface area contributed by atoms with Crippen molar-refractivity contribution < 1.29 is 9.47 Å². The standard InChI is InChI=1S/C15H23NO2/c1-14(2,16)8-12-4-6-13(7-5-12)18-11-15(3)9-17-10-15/h4-7H,8-11,16H2,1-3H3. The van der Waals surface area contributed by atoms with Gasteiger partial charge in [0.2, 0.25) is 0 Å². The van der Waals surface area contributed by atoms with Crippen LogP contribution in [0.2, 0.25) is 0 Å². The highest BCUT2D eigenvalue weighted by atomic mass is 16.5. The first-order valence-electron chi connectivity index (χ1n) is 6.45. The van der Waals surface area contributed by atoms with Gasteiger partial charge in [-0.15, -0.1) is 0 Å². The van der Waals surface area contributed by atoms with E-state index in [1.165, 1.54) is 5.56 Å². The topological polar surface area (TPSA) is 44.5 Å². The molecule has 1 fully saturated rings. The van der Waals surface area contributed by atoms with Gasteiger partial charge in [-0.2, -0.15) is 0 Å². The van der Waals surface area contributed by atoms with E-state index in [2.05, 4.69) is 19.1 Å². The van der Waals surface area contributed by atoms with Gasteiger partial charge in [-0.1, -0.05) is 19.1 Å². The second kappa shape index (κ2) is 4.90. The van der Waals surface area contributed by atoms with Gasteiger partial charge >= 0.3 is 0 Å². The van der Waals surface area contributed by atoms with Gasteiger partial charge in [0, 0.05) is 11.0 Å². The summed E-state index contributed by atoms with van der Waals surface area (Å²) < 4.78 is 11.0. The van der Waals surface area contributed by atoms with E-state index < -0.39 is 0 Å². The Kier molecular flexibility index (Phi) is 3.64. The lowest BCUT2D eigenvalue weighted by Crippen LogP contribution is -2.44. The van der Waals surface area contributed by atoms with Crippen LogP contribution in [0.25, 0.3) is 0 Å². The summed E-state index contributed by atoms with van der Waals surface area (Å²) in [5, 5.41) is 0. The van der Waals surface area contributed by atoms with Gasteiger partial charge in [0.15, 0.2) is 0 Å². The molecule has 1 heterocycles. The number of hydrogen-bond donors (Lipinski definition) is 1. The Morgan fingerprint density at radius 1 is 1.28 bits per heavy atom. The fourth-order valence-corrected chi connectivity index (χ4v) is 2.02. The third-order valence-electron chi connectivity index (χ3n) is 3.07. The Labute approximate surface area is 109 Å². The highest BCUT2D eigenvalue weighted by Crippen LogP contribution is 2.27. The molecular weight excluding hydrogens is 226 g/mol. The summed E-state index contributed by atoms with van der Waals surface area (Å²) in [5.41, 5.74) is 7.27. The lowest BCUT2D eigenvalue weighted by atomic mass is 9.90. The Hall–Kier alpha value is -1.06. The Bertz CT molecular complexity index is 388. The molecule has 0 unspecified atom stereocenters. The summed E-state index contributed by atoms with van der Waals surface area (Å²) in [5.74, 6) is 0.918. The Morgan fingerprint density at radius 2 is 1.89 bits per heavy atom. The van der Waals surface area contributed by atoms with Crippen molar-refractivity contribution in [3.8, 4) is 5.75 Å². The molecule has 1 aromatic carbocycles. The van der Waals surface area contributed by atoms with Crippen LogP contribution < -0.4 is 10.5 Å². The molecule has 1 aliphatic rings. The fourth-order valence-electron chi connectivity index (χ4n) is 2.02. The van der Waals surface area contributed by atoms with Crippen molar-refractivity contribution in [2.45, 2.75) is 32.7 Å². The molecule has 100 valence electrons. The molecule has 3 nitrogen and oxygen atoms in total. The van der Waals surface area contributed by atoms with E-state index in [1.54, 1.807) is 0 Å². The Morgan fingerprint density at radius 3 is 2.33 bits per heavy atom. The average molecular weight is 249 g/mol. The number of hydrogen-bond acceptors (Lipinski definition) is 3. The van der Waals surface area contributed by atoms with E-state index >= 15 is 0 Å². The first-order chi connectivity index (χ1) is 8.36. The van der Waals surface area contributed by atoms with Gasteiger partial charge in [-0.25, -0.2) is 0 Å². The summed E-state index contributed by atoms with van der Waals surface area (Å²) in [6.07, 6.45) is 0.874. The molecule has 0 aromatic heterocycles. The van der Waals surface area contributed by atoms with Crippen LogP contribution in [0, 0.1) is 5.41 Å². The minimum Gasteiger partial charge on any atom is -0.493 e. The van der Waals surface area contributed by atoms with Gasteiger partial charge in [-0.3, -0.25) is 0 Å². The molecule has 0 spiro atoms. The second-order valence-corrected chi connectivity index (χ2v) is 6.40. The summed E-state index contributed by atoms with van der Waals surface area (Å²) in [6, 6.07) is 8.21. The lowest BCUT2D eigenvalue weighted by molar-refractivity contribution is -0.120. The maximum Gasteiger partial charge on any atom is 0.119 e. The summed E-state index contributed by atoms with van der Waals surface area (Å²) in [7, 11) is 0. The number of benzene rings is 1. The molecular formula is C15H23NO2. The monoisotopic (exact) mass is 249 g/mol. The van der Waals surface area contributed by atoms with Crippen LogP contribution in [-0.2, 0) is 11.2 Å². The molecule has 0 aliphatic carbocycles. The van der Waals surface area contributed by atoms with Crippen LogP contribution in [0.1, 0.15) is 26.3 Å². The quantitative estimate of drug-likeness (QED) is 0.871. The minimum atomic E-state index is -0.168. The fraction of sp³-hybridized carbons (Fsp3) is 0.600. The van der Waals surface area contributed by atoms with Crippen molar-refractivity contribution >= 4 is 0 Å². The Balaban J connectivity index is 1.87. The number of ether oxygens (including phenoxy) is 2. The molecule has 2 N–H and O–H groups in total. The minimum absolute atomic E-state index is 0.168. The smallest absolute Gasteiger partial charge is 0.119 e. The van der Waals surface area contributed by atoms with E-state index in [0.717, 1.165) is 25.4 Å². The first kappa shape index (κ1) is 13.4. The summed E-state index contributed by atoms with van der Waals surface area (Å²) >= 11 is 0. The van der Waals surface area contributed by atoms with Gasteiger partial charge in [0.1, 0.15) is 5.75 Å². The molecule has 18 heavy (non-hydrogen) atoms. The molecule has 0 bridgehead atoms. The summed E-state index contributed by atoms with van der Waals surface area (Å²) in [6.45, 7) is 8.57. The van der Waals surface area contributed by atoms with E-state index in [1.807, 2.05) is 26.0 Å². The summed E-state index contributed by atoms with van der Waals surface area (Å²) in [4.78, 5) is 0. The highest BCUT2D eigenvalue weighted by molar-refractivity contribution is 5.28.